The molecule has 1 aromatic rings. The van der Waals surface area contributed by atoms with Crippen molar-refractivity contribution in [2.45, 2.75) is 31.7 Å². The first-order valence-corrected chi connectivity index (χ1v) is 6.63. The van der Waals surface area contributed by atoms with Gasteiger partial charge in [-0.1, -0.05) is 30.3 Å². The van der Waals surface area contributed by atoms with Crippen molar-refractivity contribution in [1.29, 1.82) is 0 Å². The normalized spacial score (nSPS) is 12.4. The summed E-state index contributed by atoms with van der Waals surface area (Å²) in [6.45, 7) is 5.21. The topological polar surface area (TPSA) is 38.3 Å². The van der Waals surface area contributed by atoms with Gasteiger partial charge in [-0.2, -0.15) is 0 Å². The molecule has 18 heavy (non-hydrogen) atoms. The molecule has 0 fully saturated rings. The molecule has 1 rings (SSSR count). The highest BCUT2D eigenvalue weighted by molar-refractivity contribution is 6.30. The second-order valence-electron chi connectivity index (χ2n) is 4.34. The molecule has 0 saturated carbocycles. The van der Waals surface area contributed by atoms with Gasteiger partial charge < -0.3 is 10.1 Å². The van der Waals surface area contributed by atoms with Crippen molar-refractivity contribution >= 4 is 17.5 Å². The first-order valence-electron chi connectivity index (χ1n) is 6.19. The van der Waals surface area contributed by atoms with Gasteiger partial charge in [0.25, 0.3) is 0 Å². The summed E-state index contributed by atoms with van der Waals surface area (Å²) in [5.74, 6) is -0.160. The van der Waals surface area contributed by atoms with Crippen LogP contribution in [0.25, 0.3) is 0 Å². The monoisotopic (exact) mass is 269 g/mol. The van der Waals surface area contributed by atoms with Crippen molar-refractivity contribution in [1.82, 2.24) is 5.32 Å². The van der Waals surface area contributed by atoms with Gasteiger partial charge in [0, 0.05) is 13.2 Å². The van der Waals surface area contributed by atoms with Crippen molar-refractivity contribution in [2.24, 2.45) is 0 Å². The fraction of sp³-hybridized carbons (Fsp3) is 0.500. The Morgan fingerprint density at radius 1 is 1.33 bits per heavy atom. The summed E-state index contributed by atoms with van der Waals surface area (Å²) in [7, 11) is 0. The number of nitrogens with one attached hydrogen (secondary N) is 1. The maximum atomic E-state index is 11.8. The molecule has 0 aliphatic carbocycles. The Labute approximate surface area is 113 Å². The largest absolute Gasteiger partial charge is 0.379 e. The van der Waals surface area contributed by atoms with Crippen molar-refractivity contribution in [3.63, 3.8) is 0 Å². The Kier molecular flexibility index (Phi) is 6.76. The van der Waals surface area contributed by atoms with Crippen LogP contribution < -0.4 is 5.32 Å². The molecule has 100 valence electrons. The summed E-state index contributed by atoms with van der Waals surface area (Å²) in [5, 5.41) is 2.18. The number of alkyl halides is 1. The van der Waals surface area contributed by atoms with E-state index < -0.39 is 5.38 Å². The van der Waals surface area contributed by atoms with Crippen LogP contribution in [0.1, 0.15) is 31.2 Å². The maximum Gasteiger partial charge on any atom is 0.242 e. The third kappa shape index (κ3) is 5.52. The summed E-state index contributed by atoms with van der Waals surface area (Å²) in [6.07, 6.45) is 1.02. The molecule has 0 heterocycles. The Bertz CT molecular complexity index is 354. The first kappa shape index (κ1) is 15.0. The lowest BCUT2D eigenvalue weighted by Gasteiger charge is -2.11. The molecule has 1 atom stereocenters. The maximum absolute atomic E-state index is 11.8. The van der Waals surface area contributed by atoms with Gasteiger partial charge in [0.15, 0.2) is 0 Å². The third-order valence-corrected chi connectivity index (χ3v) is 2.84. The number of carbonyl (C=O) groups is 1. The molecule has 4 heteroatoms. The zero-order chi connectivity index (χ0) is 13.4. The summed E-state index contributed by atoms with van der Waals surface area (Å²) in [4.78, 5) is 11.8. The molecule has 0 spiro atoms. The van der Waals surface area contributed by atoms with Gasteiger partial charge in [0.05, 0.1) is 6.10 Å². The molecule has 0 saturated heterocycles. The number of halogens is 1. The third-order valence-electron chi connectivity index (χ3n) is 2.39. The molecule has 0 aliphatic rings. The predicted molar refractivity (Wildman–Crippen MR) is 73.8 cm³/mol. The fourth-order valence-corrected chi connectivity index (χ4v) is 1.69. The van der Waals surface area contributed by atoms with Crippen molar-refractivity contribution < 1.29 is 9.53 Å². The quantitative estimate of drug-likeness (QED) is 0.611. The van der Waals surface area contributed by atoms with Crippen LogP contribution in [0.5, 0.6) is 0 Å². The Hall–Kier alpha value is -1.06. The lowest BCUT2D eigenvalue weighted by molar-refractivity contribution is -0.120. The van der Waals surface area contributed by atoms with E-state index in [0.29, 0.717) is 13.2 Å². The van der Waals surface area contributed by atoms with E-state index >= 15 is 0 Å². The molecular weight excluding hydrogens is 250 g/mol. The molecule has 1 aromatic carbocycles. The van der Waals surface area contributed by atoms with Crippen LogP contribution in [0.4, 0.5) is 0 Å². The van der Waals surface area contributed by atoms with Crippen molar-refractivity contribution in [3.05, 3.63) is 35.9 Å². The fourth-order valence-electron chi connectivity index (χ4n) is 1.47. The molecule has 1 amide bonds. The molecule has 0 aromatic heterocycles. The number of hydrogen-bond acceptors (Lipinski definition) is 2. The highest BCUT2D eigenvalue weighted by atomic mass is 35.5. The Morgan fingerprint density at radius 2 is 2.00 bits per heavy atom. The minimum absolute atomic E-state index is 0.160. The summed E-state index contributed by atoms with van der Waals surface area (Å²) < 4.78 is 5.38. The molecule has 0 aliphatic heterocycles. The van der Waals surface area contributed by atoms with Crippen LogP contribution in [0, 0.1) is 0 Å². The Morgan fingerprint density at radius 3 is 2.61 bits per heavy atom. The standard InChI is InChI=1S/C14H20ClNO2/c1-11(2)18-10-6-9-16-14(17)13(15)12-7-4-3-5-8-12/h3-5,7-8,11,13H,6,9-10H2,1-2H3,(H,16,17). The second-order valence-corrected chi connectivity index (χ2v) is 4.77. The molecule has 1 unspecified atom stereocenters. The van der Waals surface area contributed by atoms with Gasteiger partial charge >= 0.3 is 0 Å². The van der Waals surface area contributed by atoms with Gasteiger partial charge in [-0.05, 0) is 25.8 Å². The number of carbonyl (C=O) groups excluding carboxylic acids is 1. The van der Waals surface area contributed by atoms with Crippen LogP contribution >= 0.6 is 11.6 Å². The average molecular weight is 270 g/mol. The minimum Gasteiger partial charge on any atom is -0.379 e. The van der Waals surface area contributed by atoms with Crippen LogP contribution in [-0.4, -0.2) is 25.2 Å². The summed E-state index contributed by atoms with van der Waals surface area (Å²) >= 11 is 6.08. The van der Waals surface area contributed by atoms with Crippen molar-refractivity contribution in [3.8, 4) is 0 Å². The molecule has 0 radical (unpaired) electrons. The molecule has 0 bridgehead atoms. The zero-order valence-electron chi connectivity index (χ0n) is 10.9. The van der Waals surface area contributed by atoms with E-state index in [0.717, 1.165) is 12.0 Å². The van der Waals surface area contributed by atoms with E-state index in [1.165, 1.54) is 0 Å². The van der Waals surface area contributed by atoms with Gasteiger partial charge in [-0.25, -0.2) is 0 Å². The SMILES string of the molecule is CC(C)OCCCNC(=O)C(Cl)c1ccccc1. The first-order chi connectivity index (χ1) is 8.61. The van der Waals surface area contributed by atoms with Gasteiger partial charge in [-0.3, -0.25) is 4.79 Å². The van der Waals surface area contributed by atoms with Gasteiger partial charge in [-0.15, -0.1) is 11.6 Å². The number of benzene rings is 1. The van der Waals surface area contributed by atoms with Crippen LogP contribution in [-0.2, 0) is 9.53 Å². The van der Waals surface area contributed by atoms with E-state index in [2.05, 4.69) is 5.32 Å². The highest BCUT2D eigenvalue weighted by Crippen LogP contribution is 2.19. The number of hydrogen-bond donors (Lipinski definition) is 1. The van der Waals surface area contributed by atoms with E-state index in [1.54, 1.807) is 0 Å². The van der Waals surface area contributed by atoms with E-state index in [-0.39, 0.29) is 12.0 Å². The van der Waals surface area contributed by atoms with Gasteiger partial charge in [0.2, 0.25) is 5.91 Å². The smallest absolute Gasteiger partial charge is 0.242 e. The number of amides is 1. The second kappa shape index (κ2) is 8.11. The molecule has 1 N–H and O–H groups in total. The van der Waals surface area contributed by atoms with Crippen LogP contribution in [0.15, 0.2) is 30.3 Å². The average Bonchev–Trinajstić information content (AvgIpc) is 2.38. The Balaban J connectivity index is 2.25. The minimum atomic E-state index is -0.628. The van der Waals surface area contributed by atoms with Crippen LogP contribution in [0.3, 0.4) is 0 Å². The molecular formula is C14H20ClNO2. The number of rotatable bonds is 7. The predicted octanol–water partition coefficient (Wildman–Crippen LogP) is 2.90. The lowest BCUT2D eigenvalue weighted by Crippen LogP contribution is -2.28. The van der Waals surface area contributed by atoms with Crippen LogP contribution in [0.2, 0.25) is 0 Å². The van der Waals surface area contributed by atoms with Crippen molar-refractivity contribution in [2.75, 3.05) is 13.2 Å². The van der Waals surface area contributed by atoms with E-state index in [1.807, 2.05) is 44.2 Å². The highest BCUT2D eigenvalue weighted by Gasteiger charge is 2.16. The zero-order valence-corrected chi connectivity index (χ0v) is 11.6. The molecule has 3 nitrogen and oxygen atoms in total. The number of ether oxygens (including phenoxy) is 1. The van der Waals surface area contributed by atoms with Gasteiger partial charge in [0.1, 0.15) is 5.38 Å². The summed E-state index contributed by atoms with van der Waals surface area (Å²) in [6, 6.07) is 9.33. The lowest BCUT2D eigenvalue weighted by atomic mass is 10.1. The van der Waals surface area contributed by atoms with E-state index in [4.69, 9.17) is 16.3 Å². The summed E-state index contributed by atoms with van der Waals surface area (Å²) in [5.41, 5.74) is 0.815. The van der Waals surface area contributed by atoms with E-state index in [9.17, 15) is 4.79 Å².